The van der Waals surface area contributed by atoms with Crippen LogP contribution in [-0.4, -0.2) is 44.1 Å². The molecular weight excluding hydrogens is 287 g/mol. The second-order valence-electron chi connectivity index (χ2n) is 4.28. The van der Waals surface area contributed by atoms with E-state index in [1.807, 2.05) is 29.2 Å². The fourth-order valence-corrected chi connectivity index (χ4v) is 2.14. The summed E-state index contributed by atoms with van der Waals surface area (Å²) < 4.78 is 5.71. The standard InChI is InChI=1S/C13H17ClN2O2.ClH/c1-15-8-13(17)16-6-7-18-12(9-16)10-2-4-11(14)5-3-10;/h2-5,12,15H,6-9H2,1H3;1H. The number of nitrogens with zero attached hydrogens (tertiary/aromatic N) is 1. The average Bonchev–Trinajstić information content (AvgIpc) is 2.40. The molecule has 1 aliphatic rings. The molecule has 0 radical (unpaired) electrons. The lowest BCUT2D eigenvalue weighted by Gasteiger charge is -2.33. The molecule has 1 atom stereocenters. The minimum atomic E-state index is -0.0585. The SMILES string of the molecule is CNCC(=O)N1CCOC(c2ccc(Cl)cc2)C1.Cl. The first-order valence-corrected chi connectivity index (χ1v) is 6.38. The minimum Gasteiger partial charge on any atom is -0.370 e. The Morgan fingerprint density at radius 2 is 2.16 bits per heavy atom. The third kappa shape index (κ3) is 4.35. The van der Waals surface area contributed by atoms with Gasteiger partial charge >= 0.3 is 0 Å². The minimum absolute atomic E-state index is 0. The van der Waals surface area contributed by atoms with Gasteiger partial charge in [-0.1, -0.05) is 23.7 Å². The third-order valence-electron chi connectivity index (χ3n) is 2.99. The molecule has 0 bridgehead atoms. The number of hydrogen-bond donors (Lipinski definition) is 1. The third-order valence-corrected chi connectivity index (χ3v) is 3.24. The van der Waals surface area contributed by atoms with Gasteiger partial charge in [0, 0.05) is 11.6 Å². The van der Waals surface area contributed by atoms with E-state index in [9.17, 15) is 4.79 Å². The Hall–Kier alpha value is -0.810. The summed E-state index contributed by atoms with van der Waals surface area (Å²) in [7, 11) is 1.77. The maximum atomic E-state index is 11.8. The van der Waals surface area contributed by atoms with Gasteiger partial charge in [-0.05, 0) is 24.7 Å². The van der Waals surface area contributed by atoms with Crippen molar-refractivity contribution in [3.8, 4) is 0 Å². The molecule has 4 nitrogen and oxygen atoms in total. The van der Waals surface area contributed by atoms with Crippen molar-refractivity contribution in [1.29, 1.82) is 0 Å². The van der Waals surface area contributed by atoms with E-state index >= 15 is 0 Å². The van der Waals surface area contributed by atoms with Gasteiger partial charge in [-0.15, -0.1) is 12.4 Å². The topological polar surface area (TPSA) is 41.6 Å². The molecule has 0 saturated carbocycles. The van der Waals surface area contributed by atoms with Crippen molar-refractivity contribution in [2.45, 2.75) is 6.10 Å². The van der Waals surface area contributed by atoms with Crippen molar-refractivity contribution < 1.29 is 9.53 Å². The molecule has 106 valence electrons. The van der Waals surface area contributed by atoms with Gasteiger partial charge in [-0.3, -0.25) is 4.79 Å². The van der Waals surface area contributed by atoms with E-state index in [0.717, 1.165) is 5.56 Å². The summed E-state index contributed by atoms with van der Waals surface area (Å²) >= 11 is 5.86. The highest BCUT2D eigenvalue weighted by molar-refractivity contribution is 6.30. The van der Waals surface area contributed by atoms with Crippen molar-refractivity contribution in [3.63, 3.8) is 0 Å². The number of amides is 1. The predicted octanol–water partition coefficient (Wildman–Crippen LogP) is 1.88. The van der Waals surface area contributed by atoms with Gasteiger partial charge in [0.2, 0.25) is 5.91 Å². The fraction of sp³-hybridized carbons (Fsp3) is 0.462. The Balaban J connectivity index is 0.00000180. The average molecular weight is 305 g/mol. The van der Waals surface area contributed by atoms with Crippen LogP contribution in [0.5, 0.6) is 0 Å². The quantitative estimate of drug-likeness (QED) is 0.927. The summed E-state index contributed by atoms with van der Waals surface area (Å²) in [5.74, 6) is 0.111. The van der Waals surface area contributed by atoms with Crippen LogP contribution in [0.3, 0.4) is 0 Å². The molecule has 19 heavy (non-hydrogen) atoms. The number of carbonyl (C=O) groups excluding carboxylic acids is 1. The molecule has 1 heterocycles. The Morgan fingerprint density at radius 1 is 1.47 bits per heavy atom. The van der Waals surface area contributed by atoms with Crippen LogP contribution < -0.4 is 5.32 Å². The number of morpholine rings is 1. The lowest BCUT2D eigenvalue weighted by Crippen LogP contribution is -2.45. The largest absolute Gasteiger partial charge is 0.370 e. The Kier molecular flexibility index (Phi) is 6.58. The molecule has 1 amide bonds. The molecular formula is C13H18Cl2N2O2. The van der Waals surface area contributed by atoms with Gasteiger partial charge in [0.1, 0.15) is 6.10 Å². The maximum Gasteiger partial charge on any atom is 0.236 e. The zero-order valence-corrected chi connectivity index (χ0v) is 12.3. The highest BCUT2D eigenvalue weighted by Crippen LogP contribution is 2.23. The lowest BCUT2D eigenvalue weighted by molar-refractivity contribution is -0.137. The number of halogens is 2. The lowest BCUT2D eigenvalue weighted by atomic mass is 10.1. The Morgan fingerprint density at radius 3 is 2.79 bits per heavy atom. The summed E-state index contributed by atoms with van der Waals surface area (Å²) in [5.41, 5.74) is 1.06. The van der Waals surface area contributed by atoms with Crippen LogP contribution in [0.25, 0.3) is 0 Å². The van der Waals surface area contributed by atoms with E-state index in [1.54, 1.807) is 7.05 Å². The summed E-state index contributed by atoms with van der Waals surface area (Å²) in [5, 5.41) is 3.58. The number of benzene rings is 1. The molecule has 1 aliphatic heterocycles. The molecule has 6 heteroatoms. The molecule has 1 aromatic carbocycles. The summed E-state index contributed by atoms with van der Waals surface area (Å²) in [6, 6.07) is 7.57. The zero-order chi connectivity index (χ0) is 13.0. The number of hydrogen-bond acceptors (Lipinski definition) is 3. The van der Waals surface area contributed by atoms with E-state index in [0.29, 0.717) is 31.3 Å². The first-order chi connectivity index (χ1) is 8.70. The van der Waals surface area contributed by atoms with Crippen LogP contribution in [0.1, 0.15) is 11.7 Å². The number of rotatable bonds is 3. The molecule has 1 unspecified atom stereocenters. The molecule has 1 saturated heterocycles. The number of carbonyl (C=O) groups is 1. The first kappa shape index (κ1) is 16.2. The number of nitrogens with one attached hydrogen (secondary N) is 1. The van der Waals surface area contributed by atoms with Gasteiger partial charge in [0.25, 0.3) is 0 Å². The molecule has 0 aliphatic carbocycles. The molecule has 1 aromatic rings. The van der Waals surface area contributed by atoms with E-state index in [4.69, 9.17) is 16.3 Å². The van der Waals surface area contributed by atoms with Crippen LogP contribution in [-0.2, 0) is 9.53 Å². The Bertz CT molecular complexity index is 412. The van der Waals surface area contributed by atoms with Crippen LogP contribution in [0.2, 0.25) is 5.02 Å². The van der Waals surface area contributed by atoms with Gasteiger partial charge in [-0.25, -0.2) is 0 Å². The number of ether oxygens (including phenoxy) is 1. The monoisotopic (exact) mass is 304 g/mol. The molecule has 0 spiro atoms. The molecule has 1 fully saturated rings. The van der Waals surface area contributed by atoms with Crippen LogP contribution in [0.4, 0.5) is 0 Å². The second-order valence-corrected chi connectivity index (χ2v) is 4.72. The van der Waals surface area contributed by atoms with Gasteiger partial charge in [-0.2, -0.15) is 0 Å². The van der Waals surface area contributed by atoms with Gasteiger partial charge < -0.3 is 15.0 Å². The normalized spacial score (nSPS) is 18.8. The van der Waals surface area contributed by atoms with Crippen molar-refractivity contribution in [1.82, 2.24) is 10.2 Å². The highest BCUT2D eigenvalue weighted by Gasteiger charge is 2.24. The van der Waals surface area contributed by atoms with E-state index in [1.165, 1.54) is 0 Å². The number of likely N-dealkylation sites (N-methyl/N-ethyl adjacent to an activating group) is 1. The predicted molar refractivity (Wildman–Crippen MR) is 77.9 cm³/mol. The molecule has 1 N–H and O–H groups in total. The van der Waals surface area contributed by atoms with Crippen molar-refractivity contribution in [2.24, 2.45) is 0 Å². The zero-order valence-electron chi connectivity index (χ0n) is 10.8. The van der Waals surface area contributed by atoms with E-state index in [2.05, 4.69) is 5.32 Å². The van der Waals surface area contributed by atoms with E-state index in [-0.39, 0.29) is 24.4 Å². The smallest absolute Gasteiger partial charge is 0.236 e. The second kappa shape index (κ2) is 7.70. The van der Waals surface area contributed by atoms with Crippen LogP contribution in [0, 0.1) is 0 Å². The summed E-state index contributed by atoms with van der Waals surface area (Å²) in [6.45, 7) is 2.20. The van der Waals surface area contributed by atoms with E-state index < -0.39 is 0 Å². The molecule has 2 rings (SSSR count). The Labute approximate surface area is 124 Å². The van der Waals surface area contributed by atoms with Crippen molar-refractivity contribution in [2.75, 3.05) is 33.3 Å². The first-order valence-electron chi connectivity index (χ1n) is 6.00. The summed E-state index contributed by atoms with van der Waals surface area (Å²) in [4.78, 5) is 13.6. The molecule has 0 aromatic heterocycles. The fourth-order valence-electron chi connectivity index (χ4n) is 2.02. The van der Waals surface area contributed by atoms with Gasteiger partial charge in [0.15, 0.2) is 0 Å². The van der Waals surface area contributed by atoms with Crippen molar-refractivity contribution in [3.05, 3.63) is 34.9 Å². The summed E-state index contributed by atoms with van der Waals surface area (Å²) in [6.07, 6.45) is -0.0585. The van der Waals surface area contributed by atoms with Gasteiger partial charge in [0.05, 0.1) is 19.7 Å². The highest BCUT2D eigenvalue weighted by atomic mass is 35.5. The maximum absolute atomic E-state index is 11.8. The van der Waals surface area contributed by atoms with Crippen LogP contribution >= 0.6 is 24.0 Å². The van der Waals surface area contributed by atoms with Crippen molar-refractivity contribution >= 4 is 29.9 Å². The van der Waals surface area contributed by atoms with Crippen LogP contribution in [0.15, 0.2) is 24.3 Å².